The summed E-state index contributed by atoms with van der Waals surface area (Å²) in [5.74, 6) is 3.33. The smallest absolute Gasteiger partial charge is 0.00410 e. The third-order valence-corrected chi connectivity index (χ3v) is 5.40. The monoisotopic (exact) mass is 207 g/mol. The predicted octanol–water partition coefficient (Wildman–Crippen LogP) is 3.20. The quantitative estimate of drug-likeness (QED) is 0.749. The molecule has 1 N–H and O–H groups in total. The van der Waals surface area contributed by atoms with E-state index in [1.165, 1.54) is 6.42 Å². The molecule has 86 valence electrons. The van der Waals surface area contributed by atoms with Crippen molar-refractivity contribution in [1.29, 1.82) is 0 Å². The fraction of sp³-hybridized carbons (Fsp3) is 1.00. The van der Waals surface area contributed by atoms with Gasteiger partial charge in [0.2, 0.25) is 0 Å². The van der Waals surface area contributed by atoms with Crippen molar-refractivity contribution in [3.63, 3.8) is 0 Å². The molecule has 15 heavy (non-hydrogen) atoms. The van der Waals surface area contributed by atoms with E-state index in [0.29, 0.717) is 0 Å². The highest BCUT2D eigenvalue weighted by atomic mass is 14.9. The zero-order chi connectivity index (χ0) is 10.5. The SMILES string of the molecule is CN[C@@H](C)CC12CC3CC(CC(C3)C1)C2. The first kappa shape index (κ1) is 10.1. The Morgan fingerprint density at radius 1 is 1.07 bits per heavy atom. The van der Waals surface area contributed by atoms with Gasteiger partial charge in [-0.1, -0.05) is 0 Å². The van der Waals surface area contributed by atoms with Crippen LogP contribution in [0.4, 0.5) is 0 Å². The highest BCUT2D eigenvalue weighted by Gasteiger charge is 2.50. The molecule has 0 aromatic rings. The molecule has 1 nitrogen and oxygen atoms in total. The number of hydrogen-bond acceptors (Lipinski definition) is 1. The predicted molar refractivity (Wildman–Crippen MR) is 63.7 cm³/mol. The Morgan fingerprint density at radius 3 is 1.93 bits per heavy atom. The number of rotatable bonds is 3. The third-order valence-electron chi connectivity index (χ3n) is 5.40. The maximum atomic E-state index is 3.44. The molecule has 4 saturated carbocycles. The van der Waals surface area contributed by atoms with Crippen molar-refractivity contribution in [2.45, 2.75) is 57.9 Å². The molecular weight excluding hydrogens is 182 g/mol. The average molecular weight is 207 g/mol. The van der Waals surface area contributed by atoms with Crippen LogP contribution in [0.2, 0.25) is 0 Å². The summed E-state index contributed by atoms with van der Waals surface area (Å²) in [4.78, 5) is 0. The van der Waals surface area contributed by atoms with E-state index in [1.54, 1.807) is 38.5 Å². The molecule has 0 aromatic heterocycles. The van der Waals surface area contributed by atoms with Crippen molar-refractivity contribution >= 4 is 0 Å². The molecule has 0 aromatic carbocycles. The average Bonchev–Trinajstić information content (AvgIpc) is 2.14. The molecule has 0 saturated heterocycles. The summed E-state index contributed by atoms with van der Waals surface area (Å²) in [5.41, 5.74) is 0.761. The van der Waals surface area contributed by atoms with Crippen LogP contribution in [0.15, 0.2) is 0 Å². The van der Waals surface area contributed by atoms with Crippen LogP contribution in [-0.2, 0) is 0 Å². The molecule has 0 unspecified atom stereocenters. The highest BCUT2D eigenvalue weighted by molar-refractivity contribution is 5.02. The lowest BCUT2D eigenvalue weighted by molar-refractivity contribution is -0.0608. The van der Waals surface area contributed by atoms with Gasteiger partial charge in [0.1, 0.15) is 0 Å². The fourth-order valence-electron chi connectivity index (χ4n) is 5.29. The first-order valence-corrected chi connectivity index (χ1v) is 6.86. The molecule has 4 aliphatic carbocycles. The first-order chi connectivity index (χ1) is 7.19. The van der Waals surface area contributed by atoms with Crippen molar-refractivity contribution in [2.24, 2.45) is 23.2 Å². The largest absolute Gasteiger partial charge is 0.317 e. The molecule has 0 amide bonds. The topological polar surface area (TPSA) is 12.0 Å². The summed E-state index contributed by atoms with van der Waals surface area (Å²) in [5, 5.41) is 3.44. The minimum Gasteiger partial charge on any atom is -0.317 e. The van der Waals surface area contributed by atoms with Gasteiger partial charge in [-0.3, -0.25) is 0 Å². The Morgan fingerprint density at radius 2 is 1.53 bits per heavy atom. The van der Waals surface area contributed by atoms with Crippen LogP contribution in [0.1, 0.15) is 51.9 Å². The lowest BCUT2D eigenvalue weighted by Crippen LogP contribution is -2.48. The van der Waals surface area contributed by atoms with E-state index in [9.17, 15) is 0 Å². The fourth-order valence-corrected chi connectivity index (χ4v) is 5.29. The minimum absolute atomic E-state index is 0.723. The second-order valence-electron chi connectivity index (χ2n) is 6.81. The normalized spacial score (nSPS) is 49.6. The summed E-state index contributed by atoms with van der Waals surface area (Å²) in [6.07, 6.45) is 10.8. The molecule has 1 heteroatoms. The summed E-state index contributed by atoms with van der Waals surface area (Å²) < 4.78 is 0. The molecule has 4 aliphatic rings. The molecular formula is C14H25N. The van der Waals surface area contributed by atoms with Crippen LogP contribution in [-0.4, -0.2) is 13.1 Å². The molecule has 1 atom stereocenters. The van der Waals surface area contributed by atoms with Crippen molar-refractivity contribution in [2.75, 3.05) is 7.05 Å². The lowest BCUT2D eigenvalue weighted by atomic mass is 9.48. The molecule has 4 bridgehead atoms. The van der Waals surface area contributed by atoms with E-state index in [2.05, 4.69) is 19.3 Å². The van der Waals surface area contributed by atoms with Crippen LogP contribution < -0.4 is 5.32 Å². The van der Waals surface area contributed by atoms with Gasteiger partial charge in [-0.05, 0) is 82.1 Å². The van der Waals surface area contributed by atoms with Crippen LogP contribution in [0.25, 0.3) is 0 Å². The van der Waals surface area contributed by atoms with E-state index in [-0.39, 0.29) is 0 Å². The van der Waals surface area contributed by atoms with Gasteiger partial charge in [0, 0.05) is 6.04 Å². The minimum atomic E-state index is 0.723. The van der Waals surface area contributed by atoms with Gasteiger partial charge < -0.3 is 5.32 Å². The molecule has 4 rings (SSSR count). The number of nitrogens with one attached hydrogen (secondary N) is 1. The molecule has 0 spiro atoms. The molecule has 0 heterocycles. The molecule has 4 fully saturated rings. The lowest BCUT2D eigenvalue weighted by Gasteiger charge is -2.57. The van der Waals surface area contributed by atoms with Gasteiger partial charge in [-0.15, -0.1) is 0 Å². The van der Waals surface area contributed by atoms with Gasteiger partial charge >= 0.3 is 0 Å². The molecule has 0 radical (unpaired) electrons. The van der Waals surface area contributed by atoms with Crippen LogP contribution in [0.5, 0.6) is 0 Å². The van der Waals surface area contributed by atoms with Crippen molar-refractivity contribution < 1.29 is 0 Å². The zero-order valence-electron chi connectivity index (χ0n) is 10.3. The zero-order valence-corrected chi connectivity index (χ0v) is 10.3. The third kappa shape index (κ3) is 1.73. The second kappa shape index (κ2) is 3.48. The van der Waals surface area contributed by atoms with Crippen molar-refractivity contribution in [3.8, 4) is 0 Å². The summed E-state index contributed by atoms with van der Waals surface area (Å²) in [7, 11) is 2.12. The summed E-state index contributed by atoms with van der Waals surface area (Å²) in [6.45, 7) is 2.36. The Kier molecular flexibility index (Phi) is 2.35. The summed E-state index contributed by atoms with van der Waals surface area (Å²) >= 11 is 0. The molecule has 0 aliphatic heterocycles. The Bertz CT molecular complexity index is 210. The van der Waals surface area contributed by atoms with E-state index in [0.717, 1.165) is 29.2 Å². The standard InChI is InChI=1S/C14H25N/c1-10(15-2)6-14-7-11-3-12(8-14)5-13(4-11)9-14/h10-13,15H,3-9H2,1-2H3/t10-,11?,12?,13?,14?/m0/s1. The van der Waals surface area contributed by atoms with Crippen molar-refractivity contribution in [3.05, 3.63) is 0 Å². The maximum Gasteiger partial charge on any atom is 0.00410 e. The Hall–Kier alpha value is -0.0400. The van der Waals surface area contributed by atoms with Crippen molar-refractivity contribution in [1.82, 2.24) is 5.32 Å². The number of hydrogen-bond donors (Lipinski definition) is 1. The van der Waals surface area contributed by atoms with Gasteiger partial charge in [0.15, 0.2) is 0 Å². The van der Waals surface area contributed by atoms with Gasteiger partial charge in [-0.2, -0.15) is 0 Å². The highest BCUT2D eigenvalue weighted by Crippen LogP contribution is 2.61. The van der Waals surface area contributed by atoms with Gasteiger partial charge in [0.05, 0.1) is 0 Å². The Labute approximate surface area is 94.0 Å². The van der Waals surface area contributed by atoms with Crippen LogP contribution >= 0.6 is 0 Å². The second-order valence-corrected chi connectivity index (χ2v) is 6.81. The van der Waals surface area contributed by atoms with E-state index in [4.69, 9.17) is 0 Å². The van der Waals surface area contributed by atoms with E-state index >= 15 is 0 Å². The van der Waals surface area contributed by atoms with Crippen LogP contribution in [0, 0.1) is 23.2 Å². The first-order valence-electron chi connectivity index (χ1n) is 6.86. The van der Waals surface area contributed by atoms with E-state index in [1.807, 2.05) is 0 Å². The summed E-state index contributed by atoms with van der Waals surface area (Å²) in [6, 6.07) is 0.723. The van der Waals surface area contributed by atoms with E-state index < -0.39 is 0 Å². The van der Waals surface area contributed by atoms with Gasteiger partial charge in [0.25, 0.3) is 0 Å². The van der Waals surface area contributed by atoms with Crippen LogP contribution in [0.3, 0.4) is 0 Å². The van der Waals surface area contributed by atoms with Gasteiger partial charge in [-0.25, -0.2) is 0 Å². The maximum absolute atomic E-state index is 3.44. The Balaban J connectivity index is 1.75.